The Kier molecular flexibility index (Phi) is 3.09. The molecule has 0 radical (unpaired) electrons. The Labute approximate surface area is 99.6 Å². The Balaban J connectivity index is 2.40. The van der Waals surface area contributed by atoms with Crippen molar-refractivity contribution < 1.29 is 0 Å². The number of hydrogen-bond donors (Lipinski definition) is 0. The maximum Gasteiger partial charge on any atom is 0.125 e. The molecular weight excluding hydrogens is 274 g/mol. The number of hydrogen-bond acceptors (Lipinski definition) is 4. The minimum absolute atomic E-state index is 0.392. The molecule has 0 aliphatic rings. The van der Waals surface area contributed by atoms with E-state index in [2.05, 4.69) is 32.0 Å². The molecule has 0 N–H and O–H groups in total. The lowest BCUT2D eigenvalue weighted by molar-refractivity contribution is 1.24. The molecule has 0 amide bonds. The summed E-state index contributed by atoms with van der Waals surface area (Å²) in [5.74, 6) is 0. The molecule has 0 atom stereocenters. The molecule has 0 aromatic carbocycles. The van der Waals surface area contributed by atoms with Crippen LogP contribution in [0.4, 0.5) is 0 Å². The number of halogens is 1. The second kappa shape index (κ2) is 4.51. The van der Waals surface area contributed by atoms with Gasteiger partial charge in [0.05, 0.1) is 17.4 Å². The molecule has 2 heterocycles. The van der Waals surface area contributed by atoms with Crippen molar-refractivity contribution in [3.05, 3.63) is 34.0 Å². The zero-order valence-corrected chi connectivity index (χ0v) is 10.0. The second-order valence-electron chi connectivity index (χ2n) is 2.80. The van der Waals surface area contributed by atoms with E-state index in [0.29, 0.717) is 6.42 Å². The normalized spacial score (nSPS) is 9.87. The van der Waals surface area contributed by atoms with Crippen LogP contribution in [0.25, 0.3) is 10.6 Å². The summed E-state index contributed by atoms with van der Waals surface area (Å²) in [5.41, 5.74) is 1.03. The molecular formula is C10H6BrN3S. The van der Waals surface area contributed by atoms with Gasteiger partial charge in [-0.15, -0.1) is 11.3 Å². The molecule has 3 nitrogen and oxygen atoms in total. The summed E-state index contributed by atoms with van der Waals surface area (Å²) in [4.78, 5) is 9.27. The summed E-state index contributed by atoms with van der Waals surface area (Å²) < 4.78 is 0.765. The van der Waals surface area contributed by atoms with E-state index in [-0.39, 0.29) is 0 Å². The van der Waals surface area contributed by atoms with Crippen LogP contribution in [0.1, 0.15) is 4.88 Å². The Bertz CT molecular complexity index is 501. The minimum atomic E-state index is 0.392. The summed E-state index contributed by atoms with van der Waals surface area (Å²) in [6.45, 7) is 0. The first-order valence-electron chi connectivity index (χ1n) is 4.24. The lowest BCUT2D eigenvalue weighted by Crippen LogP contribution is -1.76. The van der Waals surface area contributed by atoms with Crippen LogP contribution in [0, 0.1) is 11.3 Å². The zero-order valence-electron chi connectivity index (χ0n) is 7.64. The van der Waals surface area contributed by atoms with E-state index in [1.807, 2.05) is 12.1 Å². The fourth-order valence-electron chi connectivity index (χ4n) is 1.13. The molecule has 0 saturated heterocycles. The first-order chi connectivity index (χ1) is 7.31. The number of rotatable bonds is 2. The van der Waals surface area contributed by atoms with E-state index in [4.69, 9.17) is 5.26 Å². The van der Waals surface area contributed by atoms with Gasteiger partial charge < -0.3 is 0 Å². The standard InChI is InChI=1S/C10H6BrN3S/c11-9-8(1-4-12)15-10(14-9)7-2-5-13-6-3-7/h2-3,5-6H,1H2. The van der Waals surface area contributed by atoms with Crippen molar-refractivity contribution in [2.24, 2.45) is 0 Å². The Morgan fingerprint density at radius 1 is 1.40 bits per heavy atom. The van der Waals surface area contributed by atoms with Crippen LogP contribution in [0.3, 0.4) is 0 Å². The monoisotopic (exact) mass is 279 g/mol. The van der Waals surface area contributed by atoms with Crippen LogP contribution in [-0.4, -0.2) is 9.97 Å². The average molecular weight is 280 g/mol. The molecule has 5 heteroatoms. The number of thiazole rings is 1. The maximum absolute atomic E-state index is 8.62. The number of aromatic nitrogens is 2. The summed E-state index contributed by atoms with van der Waals surface area (Å²) in [7, 11) is 0. The lowest BCUT2D eigenvalue weighted by atomic mass is 10.3. The molecule has 0 saturated carbocycles. The molecule has 2 aromatic rings. The van der Waals surface area contributed by atoms with E-state index in [1.165, 1.54) is 11.3 Å². The van der Waals surface area contributed by atoms with Crippen LogP contribution in [0.2, 0.25) is 0 Å². The van der Waals surface area contributed by atoms with Gasteiger partial charge in [0.1, 0.15) is 9.61 Å². The van der Waals surface area contributed by atoms with E-state index in [1.54, 1.807) is 12.4 Å². The van der Waals surface area contributed by atoms with Gasteiger partial charge in [0.2, 0.25) is 0 Å². The minimum Gasteiger partial charge on any atom is -0.265 e. The largest absolute Gasteiger partial charge is 0.265 e. The van der Waals surface area contributed by atoms with E-state index in [9.17, 15) is 0 Å². The molecule has 2 rings (SSSR count). The maximum atomic E-state index is 8.62. The van der Waals surface area contributed by atoms with Crippen molar-refractivity contribution in [1.29, 1.82) is 5.26 Å². The smallest absolute Gasteiger partial charge is 0.125 e. The van der Waals surface area contributed by atoms with Gasteiger partial charge in [0.25, 0.3) is 0 Å². The van der Waals surface area contributed by atoms with Crippen LogP contribution < -0.4 is 0 Å². The molecule has 2 aromatic heterocycles. The fourth-order valence-corrected chi connectivity index (χ4v) is 2.70. The van der Waals surface area contributed by atoms with Crippen LogP contribution >= 0.6 is 27.3 Å². The van der Waals surface area contributed by atoms with Crippen molar-refractivity contribution in [2.75, 3.05) is 0 Å². The van der Waals surface area contributed by atoms with Crippen molar-refractivity contribution in [2.45, 2.75) is 6.42 Å². The van der Waals surface area contributed by atoms with Gasteiger partial charge in [-0.05, 0) is 28.1 Å². The third-order valence-corrected chi connectivity index (χ3v) is 3.84. The fraction of sp³-hybridized carbons (Fsp3) is 0.100. The van der Waals surface area contributed by atoms with Gasteiger partial charge in [-0.3, -0.25) is 4.98 Å². The van der Waals surface area contributed by atoms with Gasteiger partial charge in [0.15, 0.2) is 0 Å². The molecule has 0 unspecified atom stereocenters. The van der Waals surface area contributed by atoms with Gasteiger partial charge in [-0.2, -0.15) is 5.26 Å². The first-order valence-corrected chi connectivity index (χ1v) is 5.85. The predicted molar refractivity (Wildman–Crippen MR) is 62.4 cm³/mol. The molecule has 0 aliphatic carbocycles. The third-order valence-electron chi connectivity index (χ3n) is 1.82. The molecule has 0 spiro atoms. The Morgan fingerprint density at radius 3 is 2.80 bits per heavy atom. The van der Waals surface area contributed by atoms with Gasteiger partial charge in [-0.1, -0.05) is 0 Å². The summed E-state index contributed by atoms with van der Waals surface area (Å²) in [5, 5.41) is 9.53. The number of nitrogens with zero attached hydrogens (tertiary/aromatic N) is 3. The number of nitriles is 1. The topological polar surface area (TPSA) is 49.6 Å². The van der Waals surface area contributed by atoms with Crippen LogP contribution in [-0.2, 0) is 6.42 Å². The highest BCUT2D eigenvalue weighted by Crippen LogP contribution is 2.30. The van der Waals surface area contributed by atoms with E-state index in [0.717, 1.165) is 20.1 Å². The summed E-state index contributed by atoms with van der Waals surface area (Å²) in [6, 6.07) is 5.93. The first kappa shape index (κ1) is 10.3. The Hall–Kier alpha value is -1.25. The summed E-state index contributed by atoms with van der Waals surface area (Å²) in [6.07, 6.45) is 3.85. The van der Waals surface area contributed by atoms with E-state index < -0.39 is 0 Å². The van der Waals surface area contributed by atoms with Gasteiger partial charge in [0, 0.05) is 18.0 Å². The van der Waals surface area contributed by atoms with E-state index >= 15 is 0 Å². The van der Waals surface area contributed by atoms with Gasteiger partial charge >= 0.3 is 0 Å². The zero-order chi connectivity index (χ0) is 10.7. The quantitative estimate of drug-likeness (QED) is 0.849. The molecule has 0 aliphatic heterocycles. The molecule has 15 heavy (non-hydrogen) atoms. The van der Waals surface area contributed by atoms with Crippen LogP contribution in [0.15, 0.2) is 29.1 Å². The molecule has 0 bridgehead atoms. The second-order valence-corrected chi connectivity index (χ2v) is 4.64. The van der Waals surface area contributed by atoms with Crippen molar-refractivity contribution in [3.8, 4) is 16.6 Å². The number of pyridine rings is 1. The summed E-state index contributed by atoms with van der Waals surface area (Å²) >= 11 is 4.88. The van der Waals surface area contributed by atoms with Crippen LogP contribution in [0.5, 0.6) is 0 Å². The predicted octanol–water partition coefficient (Wildman–Crippen LogP) is 3.03. The highest BCUT2D eigenvalue weighted by molar-refractivity contribution is 9.10. The molecule has 74 valence electrons. The molecule has 0 fully saturated rings. The van der Waals surface area contributed by atoms with Crippen molar-refractivity contribution >= 4 is 27.3 Å². The lowest BCUT2D eigenvalue weighted by Gasteiger charge is -1.91. The highest BCUT2D eigenvalue weighted by Gasteiger charge is 2.09. The van der Waals surface area contributed by atoms with Crippen molar-refractivity contribution in [3.63, 3.8) is 0 Å². The average Bonchev–Trinajstić information content (AvgIpc) is 2.63. The van der Waals surface area contributed by atoms with Crippen molar-refractivity contribution in [1.82, 2.24) is 9.97 Å². The SMILES string of the molecule is N#CCc1sc(-c2ccncc2)nc1Br. The van der Waals surface area contributed by atoms with Gasteiger partial charge in [-0.25, -0.2) is 4.98 Å². The Morgan fingerprint density at radius 2 is 2.13 bits per heavy atom. The third kappa shape index (κ3) is 2.22. The highest BCUT2D eigenvalue weighted by atomic mass is 79.9.